The van der Waals surface area contributed by atoms with Gasteiger partial charge in [-0.25, -0.2) is 10.2 Å². The van der Waals surface area contributed by atoms with Crippen LogP contribution in [0.25, 0.3) is 0 Å². The van der Waals surface area contributed by atoms with Crippen molar-refractivity contribution in [2.24, 2.45) is 5.41 Å². The lowest BCUT2D eigenvalue weighted by Crippen LogP contribution is -2.59. The molecular formula is C14H28N2O2. The zero-order valence-corrected chi connectivity index (χ0v) is 12.8. The van der Waals surface area contributed by atoms with Crippen LogP contribution in [0.3, 0.4) is 0 Å². The quantitative estimate of drug-likeness (QED) is 0.599. The van der Waals surface area contributed by atoms with E-state index in [4.69, 9.17) is 4.74 Å². The first-order valence-electron chi connectivity index (χ1n) is 6.28. The van der Waals surface area contributed by atoms with Gasteiger partial charge >= 0.3 is 6.09 Å². The smallest absolute Gasteiger partial charge is 0.422 e. The Labute approximate surface area is 111 Å². The third-order valence-electron chi connectivity index (χ3n) is 3.05. The molecule has 1 atom stereocenters. The molecule has 0 rings (SSSR count). The van der Waals surface area contributed by atoms with Crippen LogP contribution >= 0.6 is 0 Å². The largest absolute Gasteiger partial charge is 0.443 e. The molecule has 1 amide bonds. The van der Waals surface area contributed by atoms with Gasteiger partial charge in [-0.3, -0.25) is 5.43 Å². The van der Waals surface area contributed by atoms with Gasteiger partial charge in [0.2, 0.25) is 0 Å². The van der Waals surface area contributed by atoms with Crippen LogP contribution < -0.4 is 10.9 Å². The van der Waals surface area contributed by atoms with E-state index in [-0.39, 0.29) is 11.0 Å². The monoisotopic (exact) mass is 256 g/mol. The molecule has 0 fully saturated rings. The SMILES string of the molecule is C=CCC(C)(NNC(=O)OC(C)(C)C)C(C)(C)C. The van der Waals surface area contributed by atoms with Crippen LogP contribution in [0.15, 0.2) is 12.7 Å². The summed E-state index contributed by atoms with van der Waals surface area (Å²) in [6.07, 6.45) is 2.11. The molecule has 0 radical (unpaired) electrons. The van der Waals surface area contributed by atoms with E-state index in [2.05, 4.69) is 38.2 Å². The maximum Gasteiger partial charge on any atom is 0.422 e. The fourth-order valence-corrected chi connectivity index (χ4v) is 1.33. The molecule has 0 aromatic heterocycles. The van der Waals surface area contributed by atoms with Gasteiger partial charge in [-0.05, 0) is 39.5 Å². The van der Waals surface area contributed by atoms with Crippen molar-refractivity contribution in [3.05, 3.63) is 12.7 Å². The molecule has 0 aromatic rings. The number of amides is 1. The third-order valence-corrected chi connectivity index (χ3v) is 3.05. The number of ether oxygens (including phenoxy) is 1. The topological polar surface area (TPSA) is 50.4 Å². The van der Waals surface area contributed by atoms with Crippen LogP contribution in [-0.2, 0) is 4.74 Å². The second-order valence-electron chi connectivity index (χ2n) is 6.83. The van der Waals surface area contributed by atoms with E-state index in [0.29, 0.717) is 0 Å². The van der Waals surface area contributed by atoms with Gasteiger partial charge in [0.15, 0.2) is 0 Å². The predicted octanol–water partition coefficient (Wildman–Crippen LogP) is 3.40. The predicted molar refractivity (Wildman–Crippen MR) is 75.2 cm³/mol. The van der Waals surface area contributed by atoms with Crippen molar-refractivity contribution in [3.63, 3.8) is 0 Å². The molecule has 4 nitrogen and oxygen atoms in total. The average molecular weight is 256 g/mol. The van der Waals surface area contributed by atoms with Gasteiger partial charge in [0.25, 0.3) is 0 Å². The number of carbonyl (C=O) groups is 1. The summed E-state index contributed by atoms with van der Waals surface area (Å²) in [5, 5.41) is 0. The van der Waals surface area contributed by atoms with Crippen molar-refractivity contribution in [2.45, 2.75) is 66.0 Å². The summed E-state index contributed by atoms with van der Waals surface area (Å²) in [5.74, 6) is 0. The first kappa shape index (κ1) is 17.0. The molecular weight excluding hydrogens is 228 g/mol. The highest BCUT2D eigenvalue weighted by atomic mass is 16.6. The van der Waals surface area contributed by atoms with E-state index in [1.807, 2.05) is 33.8 Å². The van der Waals surface area contributed by atoms with Gasteiger partial charge in [0.05, 0.1) is 0 Å². The Bertz CT molecular complexity index is 300. The number of nitrogens with one attached hydrogen (secondary N) is 2. The van der Waals surface area contributed by atoms with E-state index in [9.17, 15) is 4.79 Å². The maximum absolute atomic E-state index is 11.6. The standard InChI is InChI=1S/C14H28N2O2/c1-9-10-14(8,12(2,3)4)16-15-11(17)18-13(5,6)7/h9,16H,1,10H2,2-8H3,(H,15,17). The van der Waals surface area contributed by atoms with Crippen molar-refractivity contribution >= 4 is 6.09 Å². The summed E-state index contributed by atoms with van der Waals surface area (Å²) >= 11 is 0. The molecule has 2 N–H and O–H groups in total. The number of hydrazine groups is 1. The zero-order chi connectivity index (χ0) is 14.6. The van der Waals surface area contributed by atoms with Crippen LogP contribution in [0.1, 0.15) is 54.9 Å². The van der Waals surface area contributed by atoms with Gasteiger partial charge < -0.3 is 4.74 Å². The van der Waals surface area contributed by atoms with E-state index in [0.717, 1.165) is 6.42 Å². The summed E-state index contributed by atoms with van der Waals surface area (Å²) in [7, 11) is 0. The highest BCUT2D eigenvalue weighted by Crippen LogP contribution is 2.32. The zero-order valence-electron chi connectivity index (χ0n) is 12.8. The fourth-order valence-electron chi connectivity index (χ4n) is 1.33. The Morgan fingerprint density at radius 2 is 1.67 bits per heavy atom. The average Bonchev–Trinajstić information content (AvgIpc) is 2.10. The third kappa shape index (κ3) is 5.54. The van der Waals surface area contributed by atoms with E-state index in [1.165, 1.54) is 0 Å². The molecule has 4 heteroatoms. The molecule has 0 aliphatic carbocycles. The van der Waals surface area contributed by atoms with Crippen molar-refractivity contribution in [3.8, 4) is 0 Å². The molecule has 0 saturated carbocycles. The van der Waals surface area contributed by atoms with Crippen molar-refractivity contribution in [1.29, 1.82) is 0 Å². The van der Waals surface area contributed by atoms with Crippen LogP contribution in [0.5, 0.6) is 0 Å². The summed E-state index contributed by atoms with van der Waals surface area (Å²) in [4.78, 5) is 11.6. The molecule has 0 aliphatic rings. The molecule has 0 heterocycles. The number of hydrogen-bond acceptors (Lipinski definition) is 3. The summed E-state index contributed by atoms with van der Waals surface area (Å²) < 4.78 is 5.19. The van der Waals surface area contributed by atoms with E-state index >= 15 is 0 Å². The number of hydrogen-bond donors (Lipinski definition) is 2. The summed E-state index contributed by atoms with van der Waals surface area (Å²) in [6.45, 7) is 17.6. The lowest BCUT2D eigenvalue weighted by atomic mass is 9.73. The Morgan fingerprint density at radius 3 is 2.00 bits per heavy atom. The first-order valence-corrected chi connectivity index (χ1v) is 6.28. The lowest BCUT2D eigenvalue weighted by Gasteiger charge is -2.42. The van der Waals surface area contributed by atoms with Crippen molar-refractivity contribution < 1.29 is 9.53 Å². The van der Waals surface area contributed by atoms with E-state index in [1.54, 1.807) is 0 Å². The highest BCUT2D eigenvalue weighted by molar-refractivity contribution is 5.67. The Hall–Kier alpha value is -1.03. The first-order chi connectivity index (χ1) is 7.91. The van der Waals surface area contributed by atoms with Gasteiger partial charge in [-0.15, -0.1) is 6.58 Å². The Kier molecular flexibility index (Phi) is 5.41. The van der Waals surface area contributed by atoms with Gasteiger partial charge in [-0.2, -0.15) is 0 Å². The molecule has 0 saturated heterocycles. The van der Waals surface area contributed by atoms with Crippen LogP contribution in [0.4, 0.5) is 4.79 Å². The van der Waals surface area contributed by atoms with Gasteiger partial charge in [0.1, 0.15) is 5.60 Å². The van der Waals surface area contributed by atoms with Crippen LogP contribution in [-0.4, -0.2) is 17.2 Å². The highest BCUT2D eigenvalue weighted by Gasteiger charge is 2.36. The minimum atomic E-state index is -0.498. The van der Waals surface area contributed by atoms with Crippen LogP contribution in [0.2, 0.25) is 0 Å². The molecule has 18 heavy (non-hydrogen) atoms. The number of carbonyl (C=O) groups excluding carboxylic acids is 1. The molecule has 1 unspecified atom stereocenters. The molecule has 0 spiro atoms. The minimum Gasteiger partial charge on any atom is -0.443 e. The minimum absolute atomic E-state index is 0.0315. The Morgan fingerprint density at radius 1 is 1.17 bits per heavy atom. The maximum atomic E-state index is 11.6. The second-order valence-corrected chi connectivity index (χ2v) is 6.83. The van der Waals surface area contributed by atoms with Crippen molar-refractivity contribution in [1.82, 2.24) is 10.9 Å². The number of rotatable bonds is 4. The van der Waals surface area contributed by atoms with E-state index < -0.39 is 11.7 Å². The molecule has 0 bridgehead atoms. The summed E-state index contributed by atoms with van der Waals surface area (Å²) in [6, 6.07) is 0. The normalized spacial score (nSPS) is 15.7. The summed E-state index contributed by atoms with van der Waals surface area (Å²) in [5.41, 5.74) is 4.86. The second kappa shape index (κ2) is 5.74. The molecule has 106 valence electrons. The fraction of sp³-hybridized carbons (Fsp3) is 0.786. The van der Waals surface area contributed by atoms with Crippen LogP contribution in [0, 0.1) is 5.41 Å². The molecule has 0 aliphatic heterocycles. The lowest BCUT2D eigenvalue weighted by molar-refractivity contribution is 0.0411. The molecule has 0 aromatic carbocycles. The Balaban J connectivity index is 4.56. The van der Waals surface area contributed by atoms with Gasteiger partial charge in [-0.1, -0.05) is 26.8 Å². The van der Waals surface area contributed by atoms with Crippen molar-refractivity contribution in [2.75, 3.05) is 0 Å². The van der Waals surface area contributed by atoms with Gasteiger partial charge in [0, 0.05) is 5.54 Å².